The Balaban J connectivity index is 1.66. The van der Waals surface area contributed by atoms with E-state index in [2.05, 4.69) is 20.6 Å². The van der Waals surface area contributed by atoms with Crippen LogP contribution in [0.5, 0.6) is 0 Å². The number of rotatable bonds is 4. The Kier molecular flexibility index (Phi) is 4.80. The lowest BCUT2D eigenvalue weighted by Gasteiger charge is -2.22. The highest BCUT2D eigenvalue weighted by atomic mass is 19.1. The number of nitrogens with one attached hydrogen (secondary N) is 2. The second-order valence-electron chi connectivity index (χ2n) is 5.73. The second-order valence-corrected chi connectivity index (χ2v) is 5.73. The normalized spacial score (nSPS) is 15.2. The molecule has 5 nitrogen and oxygen atoms in total. The van der Waals surface area contributed by atoms with Gasteiger partial charge in [-0.3, -0.25) is 4.79 Å². The minimum absolute atomic E-state index is 0.179. The predicted molar refractivity (Wildman–Crippen MR) is 86.1 cm³/mol. The van der Waals surface area contributed by atoms with Gasteiger partial charge in [0, 0.05) is 17.8 Å². The van der Waals surface area contributed by atoms with Crippen LogP contribution in [0.25, 0.3) is 0 Å². The second kappa shape index (κ2) is 7.17. The smallest absolute Gasteiger partial charge is 0.270 e. The molecule has 1 aliphatic carbocycles. The highest BCUT2D eigenvalue weighted by molar-refractivity contribution is 5.93. The Bertz CT molecular complexity index is 669. The summed E-state index contributed by atoms with van der Waals surface area (Å²) in [7, 11) is 0. The van der Waals surface area contributed by atoms with Crippen molar-refractivity contribution < 1.29 is 9.18 Å². The number of amides is 1. The van der Waals surface area contributed by atoms with Crippen LogP contribution in [0.3, 0.4) is 0 Å². The summed E-state index contributed by atoms with van der Waals surface area (Å²) in [6, 6.07) is 7.78. The van der Waals surface area contributed by atoms with Crippen LogP contribution in [0.2, 0.25) is 0 Å². The van der Waals surface area contributed by atoms with Gasteiger partial charge < -0.3 is 10.6 Å². The van der Waals surface area contributed by atoms with E-state index >= 15 is 0 Å². The first-order valence-corrected chi connectivity index (χ1v) is 7.86. The maximum absolute atomic E-state index is 12.9. The van der Waals surface area contributed by atoms with Crippen LogP contribution >= 0.6 is 0 Å². The summed E-state index contributed by atoms with van der Waals surface area (Å²) < 4.78 is 12.9. The third kappa shape index (κ3) is 4.25. The molecule has 1 amide bonds. The molecule has 0 radical (unpaired) electrons. The van der Waals surface area contributed by atoms with Crippen LogP contribution in [-0.2, 0) is 0 Å². The van der Waals surface area contributed by atoms with Crippen molar-refractivity contribution >= 4 is 17.4 Å². The Labute approximate surface area is 134 Å². The number of hydrogen-bond acceptors (Lipinski definition) is 4. The molecule has 1 aromatic heterocycles. The van der Waals surface area contributed by atoms with E-state index in [0.29, 0.717) is 17.2 Å². The minimum atomic E-state index is -0.300. The van der Waals surface area contributed by atoms with Gasteiger partial charge in [0.15, 0.2) is 0 Å². The fourth-order valence-corrected chi connectivity index (χ4v) is 2.74. The summed E-state index contributed by atoms with van der Waals surface area (Å²) in [5.74, 6) is 0.0210. The lowest BCUT2D eigenvalue weighted by atomic mass is 9.95. The molecule has 0 unspecified atom stereocenters. The van der Waals surface area contributed by atoms with Crippen molar-refractivity contribution in [1.82, 2.24) is 15.3 Å². The molecule has 0 saturated heterocycles. The van der Waals surface area contributed by atoms with E-state index < -0.39 is 0 Å². The third-order valence-corrected chi connectivity index (χ3v) is 3.96. The van der Waals surface area contributed by atoms with Gasteiger partial charge in [0.1, 0.15) is 23.7 Å². The first-order chi connectivity index (χ1) is 11.2. The highest BCUT2D eigenvalue weighted by Gasteiger charge is 2.17. The van der Waals surface area contributed by atoms with E-state index in [1.54, 1.807) is 18.2 Å². The lowest BCUT2D eigenvalue weighted by molar-refractivity contribution is 0.0922. The van der Waals surface area contributed by atoms with Crippen molar-refractivity contribution in [2.24, 2.45) is 0 Å². The van der Waals surface area contributed by atoms with Crippen molar-refractivity contribution in [3.8, 4) is 0 Å². The van der Waals surface area contributed by atoms with Gasteiger partial charge >= 0.3 is 0 Å². The Morgan fingerprint density at radius 3 is 2.57 bits per heavy atom. The van der Waals surface area contributed by atoms with E-state index in [0.717, 1.165) is 25.7 Å². The summed E-state index contributed by atoms with van der Waals surface area (Å²) in [6.07, 6.45) is 6.96. The van der Waals surface area contributed by atoms with Gasteiger partial charge in [0.2, 0.25) is 0 Å². The zero-order valence-electron chi connectivity index (χ0n) is 12.8. The van der Waals surface area contributed by atoms with Crippen molar-refractivity contribution in [3.63, 3.8) is 0 Å². The zero-order valence-corrected chi connectivity index (χ0v) is 12.8. The number of benzene rings is 1. The van der Waals surface area contributed by atoms with Crippen molar-refractivity contribution in [3.05, 3.63) is 48.2 Å². The molecule has 0 atom stereocenters. The van der Waals surface area contributed by atoms with Crippen molar-refractivity contribution in [1.29, 1.82) is 0 Å². The van der Waals surface area contributed by atoms with E-state index in [9.17, 15) is 9.18 Å². The lowest BCUT2D eigenvalue weighted by Crippen LogP contribution is -2.36. The molecule has 1 fully saturated rings. The summed E-state index contributed by atoms with van der Waals surface area (Å²) >= 11 is 0. The van der Waals surface area contributed by atoms with Gasteiger partial charge in [0.25, 0.3) is 5.91 Å². The van der Waals surface area contributed by atoms with Gasteiger partial charge in [-0.2, -0.15) is 0 Å². The first-order valence-electron chi connectivity index (χ1n) is 7.86. The van der Waals surface area contributed by atoms with Gasteiger partial charge in [0.05, 0.1) is 0 Å². The molecule has 2 N–H and O–H groups in total. The van der Waals surface area contributed by atoms with E-state index in [1.807, 2.05) is 0 Å². The largest absolute Gasteiger partial charge is 0.348 e. The maximum atomic E-state index is 12.9. The number of aromatic nitrogens is 2. The minimum Gasteiger partial charge on any atom is -0.348 e. The number of hydrogen-bond donors (Lipinski definition) is 2. The van der Waals surface area contributed by atoms with Crippen LogP contribution in [0.4, 0.5) is 15.9 Å². The highest BCUT2D eigenvalue weighted by Crippen LogP contribution is 2.18. The van der Waals surface area contributed by atoms with E-state index in [-0.39, 0.29) is 17.8 Å². The standard InChI is InChI=1S/C17H19FN4O/c18-12-6-8-14(9-7-12)21-16-10-15(19-11-20-16)17(23)22-13-4-2-1-3-5-13/h6-11,13H,1-5H2,(H,22,23)(H,19,20,21). The summed E-state index contributed by atoms with van der Waals surface area (Å²) in [5.41, 5.74) is 1.03. The van der Waals surface area contributed by atoms with E-state index in [4.69, 9.17) is 0 Å². The molecule has 0 aliphatic heterocycles. The number of nitrogens with zero attached hydrogens (tertiary/aromatic N) is 2. The maximum Gasteiger partial charge on any atom is 0.270 e. The number of halogens is 1. The molecule has 23 heavy (non-hydrogen) atoms. The average molecular weight is 314 g/mol. The molecule has 6 heteroatoms. The molecule has 1 heterocycles. The quantitative estimate of drug-likeness (QED) is 0.907. The van der Waals surface area contributed by atoms with Crippen LogP contribution < -0.4 is 10.6 Å². The molecule has 1 aliphatic rings. The number of carbonyl (C=O) groups excluding carboxylic acids is 1. The molecule has 1 aromatic carbocycles. The first kappa shape index (κ1) is 15.4. The zero-order chi connectivity index (χ0) is 16.1. The van der Waals surface area contributed by atoms with Crippen molar-refractivity contribution in [2.75, 3.05) is 5.32 Å². The molecule has 2 aromatic rings. The van der Waals surface area contributed by atoms with Crippen LogP contribution in [0.1, 0.15) is 42.6 Å². The summed E-state index contributed by atoms with van der Waals surface area (Å²) in [4.78, 5) is 20.4. The Morgan fingerprint density at radius 1 is 1.09 bits per heavy atom. The third-order valence-electron chi connectivity index (χ3n) is 3.96. The summed E-state index contributed by atoms with van der Waals surface area (Å²) in [6.45, 7) is 0. The Hall–Kier alpha value is -2.50. The SMILES string of the molecule is O=C(NC1CCCCC1)c1cc(Nc2ccc(F)cc2)ncn1. The van der Waals surface area contributed by atoms with Crippen molar-refractivity contribution in [2.45, 2.75) is 38.1 Å². The van der Waals surface area contributed by atoms with E-state index in [1.165, 1.54) is 24.9 Å². The van der Waals surface area contributed by atoms with Crippen LogP contribution in [-0.4, -0.2) is 21.9 Å². The fourth-order valence-electron chi connectivity index (χ4n) is 2.74. The molecule has 0 spiro atoms. The number of anilines is 2. The van der Waals surface area contributed by atoms with Crippen LogP contribution in [0.15, 0.2) is 36.7 Å². The fraction of sp³-hybridized carbons (Fsp3) is 0.353. The van der Waals surface area contributed by atoms with Gasteiger partial charge in [-0.05, 0) is 37.1 Å². The number of carbonyl (C=O) groups is 1. The topological polar surface area (TPSA) is 66.9 Å². The molecule has 0 bridgehead atoms. The average Bonchev–Trinajstić information content (AvgIpc) is 2.58. The molecule has 3 rings (SSSR count). The molecule has 1 saturated carbocycles. The summed E-state index contributed by atoms with van der Waals surface area (Å²) in [5, 5.41) is 6.06. The molecule has 120 valence electrons. The van der Waals surface area contributed by atoms with Gasteiger partial charge in [-0.25, -0.2) is 14.4 Å². The molecular formula is C17H19FN4O. The van der Waals surface area contributed by atoms with Gasteiger partial charge in [-0.15, -0.1) is 0 Å². The van der Waals surface area contributed by atoms with Crippen LogP contribution in [0, 0.1) is 5.82 Å². The predicted octanol–water partition coefficient (Wildman–Crippen LogP) is 3.42. The monoisotopic (exact) mass is 314 g/mol. The Morgan fingerprint density at radius 2 is 1.83 bits per heavy atom. The van der Waals surface area contributed by atoms with Gasteiger partial charge in [-0.1, -0.05) is 19.3 Å². The molecular weight excluding hydrogens is 295 g/mol.